The molecule has 5 nitrogen and oxygen atoms in total. The molecule has 0 saturated heterocycles. The molecule has 0 aliphatic rings. The SMILES string of the molecule is N#Cc1ccccc1-c1cc(-c2ccccn2)cn(-c2cccc(C=O)c2)c1=O. The van der Waals surface area contributed by atoms with Gasteiger partial charge in [-0.25, -0.2) is 0 Å². The van der Waals surface area contributed by atoms with Gasteiger partial charge < -0.3 is 0 Å². The van der Waals surface area contributed by atoms with Gasteiger partial charge in [0, 0.05) is 40.3 Å². The fraction of sp³-hybridized carbons (Fsp3) is 0. The van der Waals surface area contributed by atoms with Crippen molar-refractivity contribution in [3.63, 3.8) is 0 Å². The highest BCUT2D eigenvalue weighted by Gasteiger charge is 2.15. The third-order valence-corrected chi connectivity index (χ3v) is 4.60. The van der Waals surface area contributed by atoms with E-state index in [2.05, 4.69) is 11.1 Å². The Morgan fingerprint density at radius 1 is 0.931 bits per heavy atom. The van der Waals surface area contributed by atoms with Gasteiger partial charge in [-0.15, -0.1) is 0 Å². The Morgan fingerprint density at radius 2 is 1.76 bits per heavy atom. The molecule has 4 rings (SSSR count). The van der Waals surface area contributed by atoms with E-state index in [1.807, 2.05) is 18.2 Å². The van der Waals surface area contributed by atoms with Gasteiger partial charge in [-0.2, -0.15) is 5.26 Å². The number of nitriles is 1. The first-order chi connectivity index (χ1) is 14.2. The summed E-state index contributed by atoms with van der Waals surface area (Å²) < 4.78 is 1.49. The zero-order chi connectivity index (χ0) is 20.2. The number of carbonyl (C=O) groups is 1. The minimum absolute atomic E-state index is 0.282. The molecule has 0 fully saturated rings. The molecule has 29 heavy (non-hydrogen) atoms. The first-order valence-corrected chi connectivity index (χ1v) is 8.94. The summed E-state index contributed by atoms with van der Waals surface area (Å²) >= 11 is 0. The maximum absolute atomic E-state index is 13.4. The summed E-state index contributed by atoms with van der Waals surface area (Å²) in [6, 6.07) is 23.2. The van der Waals surface area contributed by atoms with Gasteiger partial charge in [0.1, 0.15) is 6.29 Å². The van der Waals surface area contributed by atoms with Crippen molar-refractivity contribution in [2.24, 2.45) is 0 Å². The number of aromatic nitrogens is 2. The zero-order valence-electron chi connectivity index (χ0n) is 15.3. The number of hydrogen-bond donors (Lipinski definition) is 0. The number of nitrogens with zero attached hydrogens (tertiary/aromatic N) is 3. The van der Waals surface area contributed by atoms with Crippen LogP contribution in [-0.2, 0) is 0 Å². The van der Waals surface area contributed by atoms with E-state index in [4.69, 9.17) is 0 Å². The molecule has 0 N–H and O–H groups in total. The average molecular weight is 377 g/mol. The van der Waals surface area contributed by atoms with Crippen molar-refractivity contribution in [3.8, 4) is 34.1 Å². The van der Waals surface area contributed by atoms with Crippen LogP contribution in [0.4, 0.5) is 0 Å². The number of pyridine rings is 2. The molecule has 0 unspecified atom stereocenters. The standard InChI is InChI=1S/C24H15N3O2/c25-14-18-7-1-2-9-21(18)22-13-19(23-10-3-4-11-26-23)15-27(24(22)29)20-8-5-6-17(12-20)16-28/h1-13,15-16H. The van der Waals surface area contributed by atoms with Crippen LogP contribution in [0.15, 0.2) is 90.0 Å². The summed E-state index contributed by atoms with van der Waals surface area (Å²) in [7, 11) is 0. The molecular weight excluding hydrogens is 362 g/mol. The topological polar surface area (TPSA) is 75.8 Å². The van der Waals surface area contributed by atoms with E-state index in [1.54, 1.807) is 67.0 Å². The molecule has 0 amide bonds. The minimum atomic E-state index is -0.282. The van der Waals surface area contributed by atoms with Gasteiger partial charge >= 0.3 is 0 Å². The minimum Gasteiger partial charge on any atom is -0.298 e. The average Bonchev–Trinajstić information content (AvgIpc) is 2.80. The van der Waals surface area contributed by atoms with Crippen LogP contribution in [0.25, 0.3) is 28.1 Å². The number of rotatable bonds is 4. The van der Waals surface area contributed by atoms with Crippen molar-refractivity contribution in [1.29, 1.82) is 5.26 Å². The maximum Gasteiger partial charge on any atom is 0.263 e. The van der Waals surface area contributed by atoms with E-state index in [0.29, 0.717) is 33.6 Å². The van der Waals surface area contributed by atoms with E-state index in [0.717, 1.165) is 11.8 Å². The number of hydrogen-bond acceptors (Lipinski definition) is 4. The van der Waals surface area contributed by atoms with Gasteiger partial charge in [0.05, 0.1) is 17.3 Å². The molecule has 5 heteroatoms. The number of carbonyl (C=O) groups excluding carboxylic acids is 1. The summed E-state index contributed by atoms with van der Waals surface area (Å²) in [6.07, 6.45) is 4.12. The van der Waals surface area contributed by atoms with Gasteiger partial charge in [0.15, 0.2) is 0 Å². The monoisotopic (exact) mass is 377 g/mol. The Balaban J connectivity index is 2.04. The predicted molar refractivity (Wildman–Crippen MR) is 111 cm³/mol. The molecule has 4 aromatic rings. The highest BCUT2D eigenvalue weighted by Crippen LogP contribution is 2.26. The van der Waals surface area contributed by atoms with E-state index in [1.165, 1.54) is 4.57 Å². The second-order valence-electron chi connectivity index (χ2n) is 6.40. The third-order valence-electron chi connectivity index (χ3n) is 4.60. The Labute approximate surface area is 167 Å². The molecule has 2 aromatic heterocycles. The molecule has 0 aliphatic heterocycles. The van der Waals surface area contributed by atoms with Crippen LogP contribution in [0.5, 0.6) is 0 Å². The zero-order valence-corrected chi connectivity index (χ0v) is 15.3. The first kappa shape index (κ1) is 18.1. The van der Waals surface area contributed by atoms with Crippen molar-refractivity contribution in [3.05, 3.63) is 107 Å². The predicted octanol–water partition coefficient (Wildman–Crippen LogP) is 4.25. The molecule has 0 spiro atoms. The van der Waals surface area contributed by atoms with Crippen LogP contribution in [-0.4, -0.2) is 15.8 Å². The van der Waals surface area contributed by atoms with Gasteiger partial charge in [0.2, 0.25) is 0 Å². The lowest BCUT2D eigenvalue weighted by Crippen LogP contribution is -2.20. The Kier molecular flexibility index (Phi) is 4.83. The summed E-state index contributed by atoms with van der Waals surface area (Å²) in [6.45, 7) is 0. The van der Waals surface area contributed by atoms with Crippen LogP contribution in [0.2, 0.25) is 0 Å². The van der Waals surface area contributed by atoms with Crippen molar-refractivity contribution in [2.75, 3.05) is 0 Å². The summed E-state index contributed by atoms with van der Waals surface area (Å²) in [4.78, 5) is 29.0. The second kappa shape index (κ2) is 7.75. The van der Waals surface area contributed by atoms with E-state index in [9.17, 15) is 14.9 Å². The molecule has 2 aromatic carbocycles. The Bertz CT molecular complexity index is 1300. The Hall–Kier alpha value is -4.30. The summed E-state index contributed by atoms with van der Waals surface area (Å²) in [5, 5.41) is 9.50. The molecular formula is C24H15N3O2. The highest BCUT2D eigenvalue weighted by molar-refractivity contribution is 5.77. The molecule has 0 radical (unpaired) electrons. The first-order valence-electron chi connectivity index (χ1n) is 8.94. The lowest BCUT2D eigenvalue weighted by atomic mass is 9.99. The second-order valence-corrected chi connectivity index (χ2v) is 6.40. The maximum atomic E-state index is 13.4. The molecule has 0 aliphatic carbocycles. The fourth-order valence-corrected chi connectivity index (χ4v) is 3.20. The lowest BCUT2D eigenvalue weighted by molar-refractivity contribution is 0.112. The summed E-state index contributed by atoms with van der Waals surface area (Å²) in [5.74, 6) is 0. The van der Waals surface area contributed by atoms with E-state index < -0.39 is 0 Å². The largest absolute Gasteiger partial charge is 0.298 e. The van der Waals surface area contributed by atoms with Crippen molar-refractivity contribution in [2.45, 2.75) is 0 Å². The van der Waals surface area contributed by atoms with Gasteiger partial charge in [-0.1, -0.05) is 36.4 Å². The van der Waals surface area contributed by atoms with Gasteiger partial charge in [0.25, 0.3) is 5.56 Å². The number of benzene rings is 2. The summed E-state index contributed by atoms with van der Waals surface area (Å²) in [5.41, 5.74) is 3.53. The van der Waals surface area contributed by atoms with Crippen LogP contribution < -0.4 is 5.56 Å². The molecule has 2 heterocycles. The molecule has 0 saturated carbocycles. The molecule has 0 atom stereocenters. The smallest absolute Gasteiger partial charge is 0.263 e. The van der Waals surface area contributed by atoms with Gasteiger partial charge in [-0.05, 0) is 36.4 Å². The van der Waals surface area contributed by atoms with Crippen LogP contribution in [0.3, 0.4) is 0 Å². The van der Waals surface area contributed by atoms with Crippen molar-refractivity contribution < 1.29 is 4.79 Å². The molecule has 138 valence electrons. The van der Waals surface area contributed by atoms with Crippen LogP contribution in [0.1, 0.15) is 15.9 Å². The normalized spacial score (nSPS) is 10.3. The van der Waals surface area contributed by atoms with E-state index >= 15 is 0 Å². The quantitative estimate of drug-likeness (QED) is 0.498. The van der Waals surface area contributed by atoms with Crippen LogP contribution in [0, 0.1) is 11.3 Å². The Morgan fingerprint density at radius 3 is 2.52 bits per heavy atom. The van der Waals surface area contributed by atoms with E-state index in [-0.39, 0.29) is 5.56 Å². The highest BCUT2D eigenvalue weighted by atomic mass is 16.1. The van der Waals surface area contributed by atoms with Crippen molar-refractivity contribution in [1.82, 2.24) is 9.55 Å². The third kappa shape index (κ3) is 3.47. The fourth-order valence-electron chi connectivity index (χ4n) is 3.20. The van der Waals surface area contributed by atoms with Crippen molar-refractivity contribution >= 4 is 6.29 Å². The lowest BCUT2D eigenvalue weighted by Gasteiger charge is -2.13. The van der Waals surface area contributed by atoms with Crippen LogP contribution >= 0.6 is 0 Å². The molecule has 0 bridgehead atoms. The van der Waals surface area contributed by atoms with Gasteiger partial charge in [-0.3, -0.25) is 19.1 Å². The number of aldehydes is 1.